The maximum atomic E-state index is 12.9. The molecule has 6 nitrogen and oxygen atoms in total. The van der Waals surface area contributed by atoms with Crippen molar-refractivity contribution in [3.05, 3.63) is 17.5 Å². The van der Waals surface area contributed by atoms with Crippen molar-refractivity contribution in [2.24, 2.45) is 0 Å². The number of halogens is 1. The van der Waals surface area contributed by atoms with Crippen molar-refractivity contribution in [3.8, 4) is 0 Å². The van der Waals surface area contributed by atoms with Gasteiger partial charge in [-0.2, -0.15) is 5.10 Å². The molecular weight excluding hydrogens is 326 g/mol. The van der Waals surface area contributed by atoms with E-state index in [-0.39, 0.29) is 18.3 Å². The third-order valence-corrected chi connectivity index (χ3v) is 5.03. The zero-order valence-corrected chi connectivity index (χ0v) is 15.8. The van der Waals surface area contributed by atoms with Crippen molar-refractivity contribution in [1.82, 2.24) is 24.9 Å². The Morgan fingerprint density at radius 2 is 2.04 bits per heavy atom. The Labute approximate surface area is 151 Å². The van der Waals surface area contributed by atoms with Crippen LogP contribution in [0.1, 0.15) is 49.3 Å². The molecule has 1 unspecified atom stereocenters. The summed E-state index contributed by atoms with van der Waals surface area (Å²) < 4.78 is 1.86. The molecule has 1 aromatic heterocycles. The van der Waals surface area contributed by atoms with Crippen LogP contribution in [0, 0.1) is 0 Å². The van der Waals surface area contributed by atoms with Gasteiger partial charge in [0.1, 0.15) is 5.69 Å². The van der Waals surface area contributed by atoms with Crippen molar-refractivity contribution in [2.75, 3.05) is 39.3 Å². The van der Waals surface area contributed by atoms with Gasteiger partial charge in [-0.25, -0.2) is 0 Å². The number of hydrogen-bond acceptors (Lipinski definition) is 4. The van der Waals surface area contributed by atoms with E-state index in [1.807, 2.05) is 22.6 Å². The van der Waals surface area contributed by atoms with Crippen molar-refractivity contribution in [1.29, 1.82) is 0 Å². The Kier molecular flexibility index (Phi) is 6.66. The fourth-order valence-electron chi connectivity index (χ4n) is 3.57. The molecule has 1 N–H and O–H groups in total. The van der Waals surface area contributed by atoms with Gasteiger partial charge in [-0.3, -0.25) is 14.4 Å². The molecule has 3 heterocycles. The molecule has 0 spiro atoms. The molecular formula is C17H30ClN5O. The maximum absolute atomic E-state index is 12.9. The van der Waals surface area contributed by atoms with Gasteiger partial charge in [0.25, 0.3) is 5.91 Å². The monoisotopic (exact) mass is 355 g/mol. The molecule has 0 bridgehead atoms. The van der Waals surface area contributed by atoms with Crippen molar-refractivity contribution >= 4 is 18.3 Å². The number of aromatic nitrogens is 2. The lowest BCUT2D eigenvalue weighted by atomic mass is 10.1. The number of aryl methyl sites for hydroxylation is 1. The normalized spacial score (nSPS) is 22.0. The summed E-state index contributed by atoms with van der Waals surface area (Å²) in [5, 5.41) is 7.97. The van der Waals surface area contributed by atoms with E-state index in [1.54, 1.807) is 0 Å². The fourth-order valence-corrected chi connectivity index (χ4v) is 3.57. The predicted octanol–water partition coefficient (Wildman–Crippen LogP) is 1.57. The average Bonchev–Trinajstić information content (AvgIpc) is 3.22. The first kappa shape index (κ1) is 19.2. The van der Waals surface area contributed by atoms with Gasteiger partial charge >= 0.3 is 0 Å². The lowest BCUT2D eigenvalue weighted by molar-refractivity contribution is 0.0761. The number of nitrogens with zero attached hydrogens (tertiary/aromatic N) is 4. The van der Waals surface area contributed by atoms with Gasteiger partial charge < -0.3 is 10.2 Å². The van der Waals surface area contributed by atoms with Crippen LogP contribution in [0.2, 0.25) is 0 Å². The minimum Gasteiger partial charge on any atom is -0.336 e. The Bertz CT molecular complexity index is 553. The van der Waals surface area contributed by atoms with Crippen LogP contribution in [-0.4, -0.2) is 70.8 Å². The summed E-state index contributed by atoms with van der Waals surface area (Å²) in [6, 6.07) is 2.50. The summed E-state index contributed by atoms with van der Waals surface area (Å²) in [6.45, 7) is 13.0. The summed E-state index contributed by atoms with van der Waals surface area (Å²) in [6.07, 6.45) is 1.09. The van der Waals surface area contributed by atoms with E-state index in [2.05, 4.69) is 29.2 Å². The molecule has 0 aliphatic carbocycles. The first-order chi connectivity index (χ1) is 11.1. The summed E-state index contributed by atoms with van der Waals surface area (Å²) in [4.78, 5) is 17.5. The van der Waals surface area contributed by atoms with Crippen LogP contribution < -0.4 is 5.32 Å². The van der Waals surface area contributed by atoms with Gasteiger partial charge in [0.2, 0.25) is 0 Å². The molecule has 24 heavy (non-hydrogen) atoms. The van der Waals surface area contributed by atoms with E-state index in [0.29, 0.717) is 12.0 Å². The van der Waals surface area contributed by atoms with E-state index in [4.69, 9.17) is 0 Å². The first-order valence-corrected chi connectivity index (χ1v) is 8.92. The molecule has 2 fully saturated rings. The molecule has 0 radical (unpaired) electrons. The largest absolute Gasteiger partial charge is 0.336 e. The Morgan fingerprint density at radius 3 is 2.67 bits per heavy atom. The molecule has 2 aliphatic rings. The highest BCUT2D eigenvalue weighted by Gasteiger charge is 2.32. The second-order valence-electron chi connectivity index (χ2n) is 6.90. The number of hydrogen-bond donors (Lipinski definition) is 1. The van der Waals surface area contributed by atoms with Crippen LogP contribution in [0.5, 0.6) is 0 Å². The minimum absolute atomic E-state index is 0. The molecule has 7 heteroatoms. The summed E-state index contributed by atoms with van der Waals surface area (Å²) in [7, 11) is 0. The molecule has 3 rings (SSSR count). The standard InChI is InChI=1S/C17H29N5O.ClH/c1-4-22-16(11-15(19-22)13(2)3)17(23)21-8-5-14(12-21)20-9-6-18-7-10-20;/h11,13-14,18H,4-10,12H2,1-3H3;1H. The van der Waals surface area contributed by atoms with Gasteiger partial charge in [0.05, 0.1) is 5.69 Å². The predicted molar refractivity (Wildman–Crippen MR) is 98.0 cm³/mol. The zero-order chi connectivity index (χ0) is 16.4. The van der Waals surface area contributed by atoms with Crippen LogP contribution in [-0.2, 0) is 6.54 Å². The Hall–Kier alpha value is -1.11. The van der Waals surface area contributed by atoms with E-state index >= 15 is 0 Å². The molecule has 1 amide bonds. The molecule has 0 aromatic carbocycles. The molecule has 2 saturated heterocycles. The number of carbonyl (C=O) groups excluding carboxylic acids is 1. The molecule has 2 aliphatic heterocycles. The van der Waals surface area contributed by atoms with Gasteiger partial charge in [-0.15, -0.1) is 12.4 Å². The summed E-state index contributed by atoms with van der Waals surface area (Å²) in [5.41, 5.74) is 1.75. The van der Waals surface area contributed by atoms with Gasteiger partial charge in [-0.05, 0) is 25.3 Å². The number of carbonyl (C=O) groups is 1. The van der Waals surface area contributed by atoms with E-state index in [1.165, 1.54) is 0 Å². The van der Waals surface area contributed by atoms with Crippen LogP contribution in [0.4, 0.5) is 0 Å². The summed E-state index contributed by atoms with van der Waals surface area (Å²) >= 11 is 0. The maximum Gasteiger partial charge on any atom is 0.272 e. The van der Waals surface area contributed by atoms with E-state index in [9.17, 15) is 4.79 Å². The smallest absolute Gasteiger partial charge is 0.272 e. The third kappa shape index (κ3) is 3.92. The van der Waals surface area contributed by atoms with E-state index in [0.717, 1.165) is 63.6 Å². The van der Waals surface area contributed by atoms with Gasteiger partial charge in [0.15, 0.2) is 0 Å². The highest BCUT2D eigenvalue weighted by Crippen LogP contribution is 2.21. The fraction of sp³-hybridized carbons (Fsp3) is 0.765. The van der Waals surface area contributed by atoms with Crippen molar-refractivity contribution in [3.63, 3.8) is 0 Å². The van der Waals surface area contributed by atoms with E-state index < -0.39 is 0 Å². The quantitative estimate of drug-likeness (QED) is 0.890. The number of nitrogens with one attached hydrogen (secondary N) is 1. The van der Waals surface area contributed by atoms with Gasteiger partial charge in [-0.1, -0.05) is 13.8 Å². The van der Waals surface area contributed by atoms with Crippen LogP contribution >= 0.6 is 12.4 Å². The zero-order valence-electron chi connectivity index (χ0n) is 15.0. The molecule has 1 aromatic rings. The highest BCUT2D eigenvalue weighted by atomic mass is 35.5. The number of amides is 1. The minimum atomic E-state index is 0. The molecule has 0 saturated carbocycles. The topological polar surface area (TPSA) is 53.4 Å². The molecule has 136 valence electrons. The second kappa shape index (κ2) is 8.32. The summed E-state index contributed by atoms with van der Waals surface area (Å²) in [5.74, 6) is 0.491. The van der Waals surface area contributed by atoms with Crippen molar-refractivity contribution in [2.45, 2.75) is 45.7 Å². The third-order valence-electron chi connectivity index (χ3n) is 5.03. The average molecular weight is 356 g/mol. The second-order valence-corrected chi connectivity index (χ2v) is 6.90. The first-order valence-electron chi connectivity index (χ1n) is 8.92. The Balaban J connectivity index is 0.00000208. The van der Waals surface area contributed by atoms with Crippen LogP contribution in [0.15, 0.2) is 6.07 Å². The Morgan fingerprint density at radius 1 is 1.33 bits per heavy atom. The lowest BCUT2D eigenvalue weighted by Gasteiger charge is -2.32. The SMILES string of the molecule is CCn1nc(C(C)C)cc1C(=O)N1CCC(N2CCNCC2)C1.Cl. The van der Waals surface area contributed by atoms with Crippen LogP contribution in [0.3, 0.4) is 0 Å². The van der Waals surface area contributed by atoms with Gasteiger partial charge in [0, 0.05) is 51.9 Å². The molecule has 1 atom stereocenters. The number of likely N-dealkylation sites (tertiary alicyclic amines) is 1. The number of rotatable bonds is 4. The lowest BCUT2D eigenvalue weighted by Crippen LogP contribution is -2.49. The highest BCUT2D eigenvalue weighted by molar-refractivity contribution is 5.93. The van der Waals surface area contributed by atoms with Crippen molar-refractivity contribution < 1.29 is 4.79 Å². The van der Waals surface area contributed by atoms with Crippen LogP contribution in [0.25, 0.3) is 0 Å². The number of piperazine rings is 1.